The number of H-pyrrole nitrogens is 1. The van der Waals surface area contributed by atoms with Crippen LogP contribution in [-0.4, -0.2) is 51.8 Å². The summed E-state index contributed by atoms with van der Waals surface area (Å²) in [6.45, 7) is 5.47. The summed E-state index contributed by atoms with van der Waals surface area (Å²) < 4.78 is 27.0. The van der Waals surface area contributed by atoms with Crippen LogP contribution < -0.4 is 0 Å². The fourth-order valence-electron chi connectivity index (χ4n) is 3.28. The predicted octanol–water partition coefficient (Wildman–Crippen LogP) is 2.07. The molecule has 2 aromatic rings. The lowest BCUT2D eigenvalue weighted by atomic mass is 10.1. The number of hydrogen-bond acceptors (Lipinski definition) is 4. The van der Waals surface area contributed by atoms with Crippen molar-refractivity contribution in [3.05, 3.63) is 24.2 Å². The number of aromatic amines is 1. The highest BCUT2D eigenvalue weighted by Crippen LogP contribution is 2.28. The Balaban J connectivity index is 1.76. The quantitative estimate of drug-likeness (QED) is 0.894. The molecule has 0 unspecified atom stereocenters. The van der Waals surface area contributed by atoms with Gasteiger partial charge in [-0.05, 0) is 31.2 Å². The lowest BCUT2D eigenvalue weighted by Gasteiger charge is -2.31. The van der Waals surface area contributed by atoms with Gasteiger partial charge in [-0.15, -0.1) is 0 Å². The molecule has 0 atom stereocenters. The monoisotopic (exact) mass is 351 g/mol. The molecular weight excluding hydrogens is 326 g/mol. The van der Waals surface area contributed by atoms with E-state index in [4.69, 9.17) is 0 Å². The van der Waals surface area contributed by atoms with Crippen molar-refractivity contribution in [1.29, 1.82) is 0 Å². The minimum atomic E-state index is -3.10. The Kier molecular flexibility index (Phi) is 4.78. The number of hydrogen-bond donors (Lipinski definition) is 1. The van der Waals surface area contributed by atoms with Gasteiger partial charge < -0.3 is 4.57 Å². The van der Waals surface area contributed by atoms with E-state index >= 15 is 0 Å². The van der Waals surface area contributed by atoms with Crippen molar-refractivity contribution in [1.82, 2.24) is 24.1 Å². The van der Waals surface area contributed by atoms with Crippen LogP contribution in [0.4, 0.5) is 0 Å². The van der Waals surface area contributed by atoms with Crippen LogP contribution in [0.5, 0.6) is 0 Å². The lowest BCUT2D eigenvalue weighted by Crippen LogP contribution is -2.38. The summed E-state index contributed by atoms with van der Waals surface area (Å²) in [5.74, 6) is 1.41. The molecule has 24 heavy (non-hydrogen) atoms. The van der Waals surface area contributed by atoms with Crippen LogP contribution >= 0.6 is 0 Å². The van der Waals surface area contributed by atoms with Gasteiger partial charge in [-0.2, -0.15) is 5.10 Å². The van der Waals surface area contributed by atoms with E-state index in [0.717, 1.165) is 36.5 Å². The average molecular weight is 351 g/mol. The summed E-state index contributed by atoms with van der Waals surface area (Å²) in [5, 5.41) is 7.50. The first kappa shape index (κ1) is 17.2. The Labute approximate surface area is 143 Å². The molecule has 1 fully saturated rings. The van der Waals surface area contributed by atoms with Gasteiger partial charge >= 0.3 is 0 Å². The molecule has 7 nitrogen and oxygen atoms in total. The molecule has 1 saturated heterocycles. The Hall–Kier alpha value is -1.67. The normalized spacial score (nSPS) is 17.7. The average Bonchev–Trinajstić information content (AvgIpc) is 3.14. The smallest absolute Gasteiger partial charge is 0.211 e. The fourth-order valence-corrected chi connectivity index (χ4v) is 4.15. The molecule has 2 aromatic heterocycles. The van der Waals surface area contributed by atoms with E-state index in [1.54, 1.807) is 10.5 Å². The van der Waals surface area contributed by atoms with Crippen molar-refractivity contribution in [2.24, 2.45) is 5.92 Å². The maximum Gasteiger partial charge on any atom is 0.211 e. The van der Waals surface area contributed by atoms with Gasteiger partial charge in [0.15, 0.2) is 5.82 Å². The molecule has 3 rings (SSSR count). The molecule has 8 heteroatoms. The van der Waals surface area contributed by atoms with Gasteiger partial charge in [0.2, 0.25) is 10.0 Å². The van der Waals surface area contributed by atoms with E-state index in [1.165, 1.54) is 6.26 Å². The highest BCUT2D eigenvalue weighted by atomic mass is 32.2. The van der Waals surface area contributed by atoms with Gasteiger partial charge in [-0.3, -0.25) is 5.10 Å². The molecular formula is C16H25N5O2S. The van der Waals surface area contributed by atoms with Crippen LogP contribution in [0, 0.1) is 5.92 Å². The third kappa shape index (κ3) is 3.70. The topological polar surface area (TPSA) is 83.9 Å². The van der Waals surface area contributed by atoms with E-state index in [9.17, 15) is 8.42 Å². The van der Waals surface area contributed by atoms with Crippen molar-refractivity contribution in [2.75, 3.05) is 19.3 Å². The SMILES string of the molecule is CC(C)Cc1cc(-c2nccn2C2CCN(S(C)(=O)=O)CC2)n[nH]1. The highest BCUT2D eigenvalue weighted by Gasteiger charge is 2.27. The molecule has 0 aliphatic carbocycles. The van der Waals surface area contributed by atoms with Crippen LogP contribution in [0.2, 0.25) is 0 Å². The van der Waals surface area contributed by atoms with Crippen LogP contribution in [-0.2, 0) is 16.4 Å². The maximum atomic E-state index is 11.7. The first-order valence-corrected chi connectivity index (χ1v) is 10.2. The van der Waals surface area contributed by atoms with Crippen molar-refractivity contribution < 1.29 is 8.42 Å². The van der Waals surface area contributed by atoms with E-state index in [-0.39, 0.29) is 6.04 Å². The standard InChI is InChI=1S/C16H25N5O2S/c1-12(2)10-13-11-15(19-18-13)16-17-6-9-21(16)14-4-7-20(8-5-14)24(3,22)23/h6,9,11-12,14H,4-5,7-8,10H2,1-3H3,(H,18,19). The number of sulfonamides is 1. The summed E-state index contributed by atoms with van der Waals surface area (Å²) in [6.07, 6.45) is 7.57. The van der Waals surface area contributed by atoms with Crippen LogP contribution in [0.3, 0.4) is 0 Å². The molecule has 0 saturated carbocycles. The molecule has 0 spiro atoms. The van der Waals surface area contributed by atoms with E-state index < -0.39 is 10.0 Å². The molecule has 1 aliphatic rings. The van der Waals surface area contributed by atoms with Gasteiger partial charge in [0, 0.05) is 37.2 Å². The van der Waals surface area contributed by atoms with Gasteiger partial charge in [0.05, 0.1) is 6.26 Å². The molecule has 0 aromatic carbocycles. The Morgan fingerprint density at radius 2 is 2.04 bits per heavy atom. The summed E-state index contributed by atoms with van der Waals surface area (Å²) >= 11 is 0. The fraction of sp³-hybridized carbons (Fsp3) is 0.625. The van der Waals surface area contributed by atoms with Gasteiger partial charge in [0.1, 0.15) is 5.69 Å². The zero-order valence-electron chi connectivity index (χ0n) is 14.4. The first-order valence-electron chi connectivity index (χ1n) is 8.37. The predicted molar refractivity (Wildman–Crippen MR) is 93.0 cm³/mol. The van der Waals surface area contributed by atoms with E-state index in [2.05, 4.69) is 39.7 Å². The molecule has 3 heterocycles. The van der Waals surface area contributed by atoms with Crippen LogP contribution in [0.25, 0.3) is 11.5 Å². The zero-order valence-corrected chi connectivity index (χ0v) is 15.3. The molecule has 0 radical (unpaired) electrons. The maximum absolute atomic E-state index is 11.7. The lowest BCUT2D eigenvalue weighted by molar-refractivity contribution is 0.276. The first-order chi connectivity index (χ1) is 11.3. The second kappa shape index (κ2) is 6.68. The molecule has 0 bridgehead atoms. The summed E-state index contributed by atoms with van der Waals surface area (Å²) in [7, 11) is -3.10. The molecule has 0 amide bonds. The largest absolute Gasteiger partial charge is 0.326 e. The summed E-state index contributed by atoms with van der Waals surface area (Å²) in [5.41, 5.74) is 1.96. The second-order valence-electron chi connectivity index (χ2n) is 6.93. The third-order valence-corrected chi connectivity index (χ3v) is 5.75. The number of rotatable bonds is 5. The highest BCUT2D eigenvalue weighted by molar-refractivity contribution is 7.88. The molecule has 132 valence electrons. The van der Waals surface area contributed by atoms with Crippen molar-refractivity contribution >= 4 is 10.0 Å². The Bertz CT molecular complexity index is 785. The van der Waals surface area contributed by atoms with E-state index in [1.807, 2.05) is 6.20 Å². The summed E-state index contributed by atoms with van der Waals surface area (Å²) in [4.78, 5) is 4.47. The molecule has 1 N–H and O–H groups in total. The van der Waals surface area contributed by atoms with Crippen LogP contribution in [0.15, 0.2) is 18.5 Å². The second-order valence-corrected chi connectivity index (χ2v) is 8.91. The number of imidazole rings is 1. The van der Waals surface area contributed by atoms with Crippen molar-refractivity contribution in [2.45, 2.75) is 39.2 Å². The number of nitrogens with one attached hydrogen (secondary N) is 1. The van der Waals surface area contributed by atoms with Gasteiger partial charge in [-0.25, -0.2) is 17.7 Å². The van der Waals surface area contributed by atoms with Crippen molar-refractivity contribution in [3.8, 4) is 11.5 Å². The van der Waals surface area contributed by atoms with Gasteiger partial charge in [-0.1, -0.05) is 13.8 Å². The minimum absolute atomic E-state index is 0.255. The minimum Gasteiger partial charge on any atom is -0.326 e. The third-order valence-electron chi connectivity index (χ3n) is 4.44. The Morgan fingerprint density at radius 1 is 1.33 bits per heavy atom. The van der Waals surface area contributed by atoms with Gasteiger partial charge in [0.25, 0.3) is 0 Å². The van der Waals surface area contributed by atoms with Crippen LogP contribution in [0.1, 0.15) is 38.4 Å². The van der Waals surface area contributed by atoms with Crippen molar-refractivity contribution in [3.63, 3.8) is 0 Å². The number of nitrogens with zero attached hydrogens (tertiary/aromatic N) is 4. The zero-order chi connectivity index (χ0) is 17.3. The summed E-state index contributed by atoms with van der Waals surface area (Å²) in [6, 6.07) is 2.32. The molecule has 1 aliphatic heterocycles. The number of piperidine rings is 1. The Morgan fingerprint density at radius 3 is 2.67 bits per heavy atom. The van der Waals surface area contributed by atoms with E-state index in [0.29, 0.717) is 19.0 Å². The number of aromatic nitrogens is 4.